The van der Waals surface area contributed by atoms with E-state index in [1.807, 2.05) is 6.92 Å². The standard InChI is InChI=1S/C13H21NO2/c1-3-4-5-6-7-8-10(2)11-9-12(15)14-13(11)16/h3-9H2,1-2H3,(H,14,15,16). The Hall–Kier alpha value is -1.12. The number of imide groups is 1. The normalized spacial score (nSPS) is 18.9. The molecule has 0 aliphatic carbocycles. The van der Waals surface area contributed by atoms with Gasteiger partial charge >= 0.3 is 0 Å². The van der Waals surface area contributed by atoms with Gasteiger partial charge in [-0.2, -0.15) is 0 Å². The van der Waals surface area contributed by atoms with Crippen molar-refractivity contribution in [3.63, 3.8) is 0 Å². The van der Waals surface area contributed by atoms with Crippen LogP contribution in [0.2, 0.25) is 0 Å². The van der Waals surface area contributed by atoms with Crippen LogP contribution in [0.3, 0.4) is 0 Å². The van der Waals surface area contributed by atoms with Crippen molar-refractivity contribution in [3.05, 3.63) is 11.1 Å². The van der Waals surface area contributed by atoms with Crippen LogP contribution in [0.25, 0.3) is 0 Å². The van der Waals surface area contributed by atoms with Crippen LogP contribution >= 0.6 is 0 Å². The number of carbonyl (C=O) groups is 2. The van der Waals surface area contributed by atoms with Gasteiger partial charge in [0, 0.05) is 5.57 Å². The van der Waals surface area contributed by atoms with E-state index in [-0.39, 0.29) is 18.2 Å². The highest BCUT2D eigenvalue weighted by Gasteiger charge is 2.25. The van der Waals surface area contributed by atoms with Crippen LogP contribution in [0.15, 0.2) is 11.1 Å². The third-order valence-corrected chi connectivity index (χ3v) is 3.03. The highest BCUT2D eigenvalue weighted by molar-refractivity contribution is 6.13. The van der Waals surface area contributed by atoms with Gasteiger partial charge in [-0.3, -0.25) is 14.9 Å². The van der Waals surface area contributed by atoms with E-state index in [9.17, 15) is 9.59 Å². The molecule has 1 aliphatic heterocycles. The summed E-state index contributed by atoms with van der Waals surface area (Å²) in [7, 11) is 0. The van der Waals surface area contributed by atoms with Crippen molar-refractivity contribution >= 4 is 11.8 Å². The molecule has 0 radical (unpaired) electrons. The SMILES string of the molecule is CCCCCCCC(C)=C1CC(=O)NC1=O. The number of unbranched alkanes of at least 4 members (excludes halogenated alkanes) is 4. The van der Waals surface area contributed by atoms with Gasteiger partial charge in [-0.15, -0.1) is 0 Å². The van der Waals surface area contributed by atoms with Gasteiger partial charge in [0.15, 0.2) is 0 Å². The maximum Gasteiger partial charge on any atom is 0.254 e. The van der Waals surface area contributed by atoms with E-state index < -0.39 is 0 Å². The zero-order valence-electron chi connectivity index (χ0n) is 10.3. The molecule has 1 N–H and O–H groups in total. The van der Waals surface area contributed by atoms with E-state index in [0.29, 0.717) is 5.57 Å². The number of rotatable bonds is 6. The van der Waals surface area contributed by atoms with Crippen molar-refractivity contribution in [2.24, 2.45) is 0 Å². The lowest BCUT2D eigenvalue weighted by Crippen LogP contribution is -2.19. The van der Waals surface area contributed by atoms with Gasteiger partial charge in [0.05, 0.1) is 6.42 Å². The summed E-state index contributed by atoms with van der Waals surface area (Å²) in [5.74, 6) is -0.346. The number of nitrogens with one attached hydrogen (secondary N) is 1. The van der Waals surface area contributed by atoms with Crippen molar-refractivity contribution in [1.29, 1.82) is 0 Å². The first-order valence-electron chi connectivity index (χ1n) is 6.18. The maximum atomic E-state index is 11.4. The Morgan fingerprint density at radius 1 is 1.19 bits per heavy atom. The average Bonchev–Trinajstić information content (AvgIpc) is 2.57. The van der Waals surface area contributed by atoms with E-state index in [4.69, 9.17) is 0 Å². The van der Waals surface area contributed by atoms with Gasteiger partial charge in [0.25, 0.3) is 5.91 Å². The Morgan fingerprint density at radius 2 is 1.88 bits per heavy atom. The molecule has 3 heteroatoms. The van der Waals surface area contributed by atoms with Crippen LogP contribution in [-0.2, 0) is 9.59 Å². The Balaban J connectivity index is 2.33. The Labute approximate surface area is 97.3 Å². The summed E-state index contributed by atoms with van der Waals surface area (Å²) in [6.07, 6.45) is 7.36. The zero-order valence-corrected chi connectivity index (χ0v) is 10.3. The van der Waals surface area contributed by atoms with Crippen LogP contribution < -0.4 is 5.32 Å². The molecule has 0 unspecified atom stereocenters. The predicted molar refractivity (Wildman–Crippen MR) is 63.8 cm³/mol. The van der Waals surface area contributed by atoms with E-state index in [1.54, 1.807) is 0 Å². The lowest BCUT2D eigenvalue weighted by atomic mass is 10.0. The molecule has 0 aromatic rings. The first-order valence-corrected chi connectivity index (χ1v) is 6.18. The molecule has 0 aromatic heterocycles. The van der Waals surface area contributed by atoms with Crippen LogP contribution in [0.1, 0.15) is 58.8 Å². The summed E-state index contributed by atoms with van der Waals surface area (Å²) < 4.78 is 0. The first-order chi connectivity index (χ1) is 7.65. The second kappa shape index (κ2) is 6.46. The lowest BCUT2D eigenvalue weighted by Gasteiger charge is -2.03. The molecule has 1 saturated heterocycles. The third kappa shape index (κ3) is 3.80. The summed E-state index contributed by atoms with van der Waals surface area (Å²) in [4.78, 5) is 22.4. The highest BCUT2D eigenvalue weighted by atomic mass is 16.2. The van der Waals surface area contributed by atoms with Crippen molar-refractivity contribution in [2.45, 2.75) is 58.8 Å². The molecule has 16 heavy (non-hydrogen) atoms. The van der Waals surface area contributed by atoms with E-state index in [2.05, 4.69) is 12.2 Å². The largest absolute Gasteiger partial charge is 0.292 e. The molecule has 0 bridgehead atoms. The van der Waals surface area contributed by atoms with E-state index in [1.165, 1.54) is 25.7 Å². The molecular formula is C13H21NO2. The van der Waals surface area contributed by atoms with E-state index in [0.717, 1.165) is 18.4 Å². The second-order valence-corrected chi connectivity index (χ2v) is 4.48. The minimum atomic E-state index is -0.184. The molecule has 90 valence electrons. The number of amides is 2. The molecule has 0 aromatic carbocycles. The lowest BCUT2D eigenvalue weighted by molar-refractivity contribution is -0.124. The number of carbonyl (C=O) groups excluding carboxylic acids is 2. The summed E-state index contributed by atoms with van der Waals surface area (Å²) in [5, 5.41) is 2.32. The molecule has 2 amide bonds. The smallest absolute Gasteiger partial charge is 0.254 e. The van der Waals surface area contributed by atoms with Crippen molar-refractivity contribution in [2.75, 3.05) is 0 Å². The minimum Gasteiger partial charge on any atom is -0.292 e. The first kappa shape index (κ1) is 12.9. The van der Waals surface area contributed by atoms with Gasteiger partial charge in [-0.25, -0.2) is 0 Å². The fourth-order valence-electron chi connectivity index (χ4n) is 1.98. The van der Waals surface area contributed by atoms with Gasteiger partial charge in [0.2, 0.25) is 5.91 Å². The summed E-state index contributed by atoms with van der Waals surface area (Å²) in [5.41, 5.74) is 1.78. The van der Waals surface area contributed by atoms with Crippen molar-refractivity contribution in [1.82, 2.24) is 5.32 Å². The molecule has 0 saturated carbocycles. The third-order valence-electron chi connectivity index (χ3n) is 3.03. The molecule has 1 rings (SSSR count). The predicted octanol–water partition coefficient (Wildman–Crippen LogP) is 2.71. The number of hydrogen-bond acceptors (Lipinski definition) is 2. The minimum absolute atomic E-state index is 0.162. The van der Waals surface area contributed by atoms with Crippen molar-refractivity contribution in [3.8, 4) is 0 Å². The Kier molecular flexibility index (Phi) is 5.23. The van der Waals surface area contributed by atoms with Crippen molar-refractivity contribution < 1.29 is 9.59 Å². The quantitative estimate of drug-likeness (QED) is 0.427. The molecule has 0 spiro atoms. The van der Waals surface area contributed by atoms with Gasteiger partial charge in [0.1, 0.15) is 0 Å². The molecule has 0 atom stereocenters. The zero-order chi connectivity index (χ0) is 12.0. The summed E-state index contributed by atoms with van der Waals surface area (Å²) in [6, 6.07) is 0. The van der Waals surface area contributed by atoms with Crippen LogP contribution in [-0.4, -0.2) is 11.8 Å². The fraction of sp³-hybridized carbons (Fsp3) is 0.692. The van der Waals surface area contributed by atoms with Crippen LogP contribution in [0, 0.1) is 0 Å². The monoisotopic (exact) mass is 223 g/mol. The second-order valence-electron chi connectivity index (χ2n) is 4.48. The Morgan fingerprint density at radius 3 is 2.44 bits per heavy atom. The van der Waals surface area contributed by atoms with Crippen LogP contribution in [0.5, 0.6) is 0 Å². The fourth-order valence-corrected chi connectivity index (χ4v) is 1.98. The molecule has 1 heterocycles. The summed E-state index contributed by atoms with van der Waals surface area (Å²) in [6.45, 7) is 4.16. The molecule has 1 fully saturated rings. The summed E-state index contributed by atoms with van der Waals surface area (Å²) >= 11 is 0. The molecular weight excluding hydrogens is 202 g/mol. The van der Waals surface area contributed by atoms with Gasteiger partial charge in [-0.1, -0.05) is 38.2 Å². The number of allylic oxidation sites excluding steroid dienone is 1. The highest BCUT2D eigenvalue weighted by Crippen LogP contribution is 2.19. The topological polar surface area (TPSA) is 46.2 Å². The van der Waals surface area contributed by atoms with Gasteiger partial charge in [-0.05, 0) is 19.8 Å². The van der Waals surface area contributed by atoms with Crippen LogP contribution in [0.4, 0.5) is 0 Å². The average molecular weight is 223 g/mol. The maximum absolute atomic E-state index is 11.4. The van der Waals surface area contributed by atoms with Gasteiger partial charge < -0.3 is 0 Å². The Bertz CT molecular complexity index is 305. The molecule has 3 nitrogen and oxygen atoms in total. The van der Waals surface area contributed by atoms with E-state index >= 15 is 0 Å². The molecule has 1 aliphatic rings. The number of hydrogen-bond donors (Lipinski definition) is 1.